The summed E-state index contributed by atoms with van der Waals surface area (Å²) in [4.78, 5) is 27.5. The molecule has 5 nitrogen and oxygen atoms in total. The highest BCUT2D eigenvalue weighted by Gasteiger charge is 2.26. The molecule has 0 radical (unpaired) electrons. The van der Waals surface area contributed by atoms with Crippen molar-refractivity contribution in [1.82, 2.24) is 15.5 Å². The van der Waals surface area contributed by atoms with E-state index in [1.54, 1.807) is 11.3 Å². The fourth-order valence-corrected chi connectivity index (χ4v) is 4.38. The van der Waals surface area contributed by atoms with Crippen molar-refractivity contribution in [3.8, 4) is 0 Å². The lowest BCUT2D eigenvalue weighted by Crippen LogP contribution is -2.48. The topological polar surface area (TPSA) is 61.4 Å². The molecule has 1 fully saturated rings. The molecular formula is C16H23N3O2S. The van der Waals surface area contributed by atoms with Crippen molar-refractivity contribution in [2.24, 2.45) is 0 Å². The molecule has 1 saturated carbocycles. The smallest absolute Gasteiger partial charge is 0.321 e. The molecule has 0 aromatic carbocycles. The molecule has 3 amide bonds. The molecule has 1 aromatic rings. The van der Waals surface area contributed by atoms with Crippen molar-refractivity contribution in [2.45, 2.75) is 51.1 Å². The summed E-state index contributed by atoms with van der Waals surface area (Å²) in [5.41, 5.74) is 1.32. The van der Waals surface area contributed by atoms with Crippen LogP contribution in [0.2, 0.25) is 0 Å². The van der Waals surface area contributed by atoms with Crippen LogP contribution in [0.15, 0.2) is 11.4 Å². The summed E-state index contributed by atoms with van der Waals surface area (Å²) in [6, 6.07) is 2.26. The van der Waals surface area contributed by atoms with Crippen LogP contribution < -0.4 is 10.6 Å². The lowest BCUT2D eigenvalue weighted by atomic mass is 10.0. The molecule has 2 heterocycles. The van der Waals surface area contributed by atoms with Crippen molar-refractivity contribution in [3.63, 3.8) is 0 Å². The van der Waals surface area contributed by atoms with Crippen LogP contribution in [0.4, 0.5) is 4.79 Å². The van der Waals surface area contributed by atoms with Crippen LogP contribution in [-0.2, 0) is 11.2 Å². The third kappa shape index (κ3) is 3.50. The second-order valence-electron chi connectivity index (χ2n) is 6.20. The van der Waals surface area contributed by atoms with Gasteiger partial charge in [0.05, 0.1) is 6.54 Å². The van der Waals surface area contributed by atoms with Crippen LogP contribution >= 0.6 is 11.3 Å². The van der Waals surface area contributed by atoms with Crippen molar-refractivity contribution >= 4 is 23.3 Å². The molecule has 1 atom stereocenters. The van der Waals surface area contributed by atoms with Gasteiger partial charge in [-0.05, 0) is 43.2 Å². The Hall–Kier alpha value is -1.40. The van der Waals surface area contributed by atoms with Crippen LogP contribution in [-0.4, -0.2) is 36.0 Å². The van der Waals surface area contributed by atoms with Crippen molar-refractivity contribution in [1.29, 1.82) is 0 Å². The van der Waals surface area contributed by atoms with Crippen LogP contribution in [0, 0.1) is 0 Å². The van der Waals surface area contributed by atoms with Crippen LogP contribution in [0.5, 0.6) is 0 Å². The summed E-state index contributed by atoms with van der Waals surface area (Å²) in [6.07, 6.45) is 5.34. The van der Waals surface area contributed by atoms with Gasteiger partial charge in [-0.1, -0.05) is 12.8 Å². The number of amides is 3. The van der Waals surface area contributed by atoms with Crippen LogP contribution in [0.1, 0.15) is 49.1 Å². The van der Waals surface area contributed by atoms with Gasteiger partial charge in [0, 0.05) is 23.5 Å². The minimum Gasteiger partial charge on any atom is -0.335 e. The van der Waals surface area contributed by atoms with Crippen LogP contribution in [0.3, 0.4) is 0 Å². The van der Waals surface area contributed by atoms with Gasteiger partial charge in [0.2, 0.25) is 5.91 Å². The Kier molecular flexibility index (Phi) is 4.78. The lowest BCUT2D eigenvalue weighted by molar-refractivity contribution is -0.121. The van der Waals surface area contributed by atoms with Crippen molar-refractivity contribution in [3.05, 3.63) is 21.9 Å². The van der Waals surface area contributed by atoms with E-state index < -0.39 is 0 Å². The number of rotatable bonds is 3. The van der Waals surface area contributed by atoms with Gasteiger partial charge in [0.1, 0.15) is 0 Å². The molecule has 1 aliphatic carbocycles. The first kappa shape index (κ1) is 15.5. The average Bonchev–Trinajstić information content (AvgIpc) is 3.12. The maximum absolute atomic E-state index is 12.1. The van der Waals surface area contributed by atoms with Gasteiger partial charge < -0.3 is 5.32 Å². The molecule has 120 valence electrons. The van der Waals surface area contributed by atoms with Gasteiger partial charge in [0.25, 0.3) is 0 Å². The number of urea groups is 1. The molecule has 22 heavy (non-hydrogen) atoms. The first-order valence-electron chi connectivity index (χ1n) is 8.04. The van der Waals surface area contributed by atoms with Gasteiger partial charge in [0.15, 0.2) is 0 Å². The van der Waals surface area contributed by atoms with Crippen molar-refractivity contribution in [2.75, 3.05) is 13.1 Å². The van der Waals surface area contributed by atoms with E-state index in [0.717, 1.165) is 38.6 Å². The minimum absolute atomic E-state index is 0.221. The predicted molar refractivity (Wildman–Crippen MR) is 86.9 cm³/mol. The first-order valence-corrected chi connectivity index (χ1v) is 8.92. The molecule has 1 aromatic heterocycles. The summed E-state index contributed by atoms with van der Waals surface area (Å²) in [5.74, 6) is -0.221. The number of hydrogen-bond donors (Lipinski definition) is 2. The summed E-state index contributed by atoms with van der Waals surface area (Å²) in [6.45, 7) is 3.26. The fraction of sp³-hybridized carbons (Fsp3) is 0.625. The molecule has 0 spiro atoms. The Bertz CT molecular complexity index is 551. The maximum Gasteiger partial charge on any atom is 0.321 e. The Morgan fingerprint density at radius 3 is 2.91 bits per heavy atom. The number of hydrogen-bond acceptors (Lipinski definition) is 4. The number of imide groups is 1. The van der Waals surface area contributed by atoms with Gasteiger partial charge in [-0.3, -0.25) is 15.0 Å². The third-order valence-corrected chi connectivity index (χ3v) is 5.69. The highest BCUT2D eigenvalue weighted by molar-refractivity contribution is 7.10. The van der Waals surface area contributed by atoms with E-state index in [4.69, 9.17) is 0 Å². The largest absolute Gasteiger partial charge is 0.335 e. The molecule has 3 rings (SSSR count). The summed E-state index contributed by atoms with van der Waals surface area (Å²) < 4.78 is 0. The van der Waals surface area contributed by atoms with Gasteiger partial charge in [-0.15, -0.1) is 11.3 Å². The van der Waals surface area contributed by atoms with Crippen LogP contribution in [0.25, 0.3) is 0 Å². The zero-order valence-corrected chi connectivity index (χ0v) is 13.7. The molecule has 0 saturated heterocycles. The average molecular weight is 321 g/mol. The number of thiophene rings is 1. The van der Waals surface area contributed by atoms with E-state index in [-0.39, 0.29) is 30.6 Å². The molecule has 1 aliphatic heterocycles. The zero-order chi connectivity index (χ0) is 15.5. The normalized spacial score (nSPS) is 22.3. The van der Waals surface area contributed by atoms with E-state index in [1.807, 2.05) is 0 Å². The lowest BCUT2D eigenvalue weighted by Gasteiger charge is -2.32. The second kappa shape index (κ2) is 6.79. The quantitative estimate of drug-likeness (QED) is 0.899. The van der Waals surface area contributed by atoms with E-state index in [0.29, 0.717) is 0 Å². The second-order valence-corrected chi connectivity index (χ2v) is 7.20. The molecule has 0 unspecified atom stereocenters. The van der Waals surface area contributed by atoms with E-state index in [2.05, 4.69) is 33.9 Å². The Morgan fingerprint density at radius 2 is 2.14 bits per heavy atom. The third-order valence-electron chi connectivity index (χ3n) is 4.69. The number of nitrogens with zero attached hydrogens (tertiary/aromatic N) is 1. The number of nitrogens with one attached hydrogen (secondary N) is 2. The standard InChI is InChI=1S/C16H23N3O2S/c1-11-13-7-9-22-14(13)6-8-19(11)10-15(20)18-16(21)17-12-4-2-3-5-12/h7,9,11-12H,2-6,8,10H2,1H3,(H2,17,18,20,21)/t11-/m1/s1. The van der Waals surface area contributed by atoms with Crippen molar-refractivity contribution < 1.29 is 9.59 Å². The summed E-state index contributed by atoms with van der Waals surface area (Å²) in [7, 11) is 0. The van der Waals surface area contributed by atoms with E-state index in [9.17, 15) is 9.59 Å². The summed E-state index contributed by atoms with van der Waals surface area (Å²) >= 11 is 1.79. The van der Waals surface area contributed by atoms with Gasteiger partial charge in [-0.25, -0.2) is 4.79 Å². The number of carbonyl (C=O) groups excluding carboxylic acids is 2. The van der Waals surface area contributed by atoms with Gasteiger partial charge >= 0.3 is 6.03 Å². The molecule has 6 heteroatoms. The molecular weight excluding hydrogens is 298 g/mol. The predicted octanol–water partition coefficient (Wildman–Crippen LogP) is 2.44. The minimum atomic E-state index is -0.349. The highest BCUT2D eigenvalue weighted by Crippen LogP contribution is 2.32. The summed E-state index contributed by atoms with van der Waals surface area (Å²) in [5, 5.41) is 7.46. The Labute approximate surface area is 135 Å². The molecule has 2 N–H and O–H groups in total. The monoisotopic (exact) mass is 321 g/mol. The van der Waals surface area contributed by atoms with E-state index >= 15 is 0 Å². The van der Waals surface area contributed by atoms with Gasteiger partial charge in [-0.2, -0.15) is 0 Å². The Balaban J connectivity index is 1.48. The highest BCUT2D eigenvalue weighted by atomic mass is 32.1. The number of carbonyl (C=O) groups is 2. The van der Waals surface area contributed by atoms with E-state index in [1.165, 1.54) is 10.4 Å². The fourth-order valence-electron chi connectivity index (χ4n) is 3.42. The SMILES string of the molecule is C[C@@H]1c2ccsc2CCN1CC(=O)NC(=O)NC1CCCC1. The Morgan fingerprint density at radius 1 is 1.36 bits per heavy atom. The maximum atomic E-state index is 12.1. The molecule has 0 bridgehead atoms. The first-order chi connectivity index (χ1) is 10.6. The zero-order valence-electron chi connectivity index (χ0n) is 12.9. The number of fused-ring (bicyclic) bond motifs is 1. The molecule has 2 aliphatic rings.